The quantitative estimate of drug-likeness (QED) is 0.843. The zero-order valence-corrected chi connectivity index (χ0v) is 15.6. The first-order valence-electron chi connectivity index (χ1n) is 9.11. The van der Waals surface area contributed by atoms with Gasteiger partial charge in [-0.1, -0.05) is 6.07 Å². The molecule has 5 heteroatoms. The Bertz CT molecular complexity index is 744. The molecule has 0 radical (unpaired) electrons. The van der Waals surface area contributed by atoms with E-state index in [1.165, 1.54) is 9.75 Å². The average molecular weight is 356 g/mol. The van der Waals surface area contributed by atoms with Crippen molar-refractivity contribution < 1.29 is 4.79 Å². The monoisotopic (exact) mass is 355 g/mol. The second-order valence-corrected chi connectivity index (χ2v) is 8.82. The van der Waals surface area contributed by atoms with Crippen molar-refractivity contribution in [2.24, 2.45) is 5.41 Å². The van der Waals surface area contributed by atoms with Gasteiger partial charge in [0.25, 0.3) is 0 Å². The topological polar surface area (TPSA) is 36.4 Å². The van der Waals surface area contributed by atoms with Crippen molar-refractivity contribution in [3.8, 4) is 0 Å². The van der Waals surface area contributed by atoms with Gasteiger partial charge in [0, 0.05) is 48.3 Å². The molecular weight excluding hydrogens is 330 g/mol. The van der Waals surface area contributed by atoms with Crippen molar-refractivity contribution in [3.05, 3.63) is 52.0 Å². The van der Waals surface area contributed by atoms with Crippen LogP contribution in [0.4, 0.5) is 0 Å². The number of nitrogens with zero attached hydrogens (tertiary/aromatic N) is 3. The lowest BCUT2D eigenvalue weighted by atomic mass is 9.78. The molecule has 4 nitrogen and oxygen atoms in total. The maximum Gasteiger partial charge on any atom is 0.230 e. The molecule has 1 unspecified atom stereocenters. The van der Waals surface area contributed by atoms with E-state index in [1.807, 2.05) is 28.5 Å². The molecule has 0 aromatic carbocycles. The number of carbonyl (C=O) groups excluding carboxylic acids is 1. The number of aryl methyl sites for hydroxylation is 1. The Labute approximate surface area is 153 Å². The molecule has 4 heterocycles. The molecule has 1 spiro atoms. The van der Waals surface area contributed by atoms with Gasteiger partial charge in [-0.15, -0.1) is 11.3 Å². The number of rotatable bonds is 4. The van der Waals surface area contributed by atoms with E-state index in [0.717, 1.165) is 51.0 Å². The van der Waals surface area contributed by atoms with E-state index in [1.54, 1.807) is 6.20 Å². The summed E-state index contributed by atoms with van der Waals surface area (Å²) in [4.78, 5) is 24.6. The summed E-state index contributed by atoms with van der Waals surface area (Å²) in [6, 6.07) is 8.41. The fourth-order valence-corrected chi connectivity index (χ4v) is 5.22. The summed E-state index contributed by atoms with van der Waals surface area (Å²) in [6.07, 6.45) is 6.80. The smallest absolute Gasteiger partial charge is 0.230 e. The summed E-state index contributed by atoms with van der Waals surface area (Å²) in [5.41, 5.74) is 0.960. The van der Waals surface area contributed by atoms with Crippen LogP contribution in [0.1, 0.15) is 34.6 Å². The number of hydrogen-bond acceptors (Lipinski definition) is 4. The first kappa shape index (κ1) is 16.7. The van der Waals surface area contributed by atoms with E-state index < -0.39 is 0 Å². The largest absolute Gasteiger partial charge is 0.338 e. The zero-order valence-electron chi connectivity index (χ0n) is 14.8. The number of pyridine rings is 1. The minimum Gasteiger partial charge on any atom is -0.338 e. The highest BCUT2D eigenvalue weighted by Gasteiger charge is 2.48. The third kappa shape index (κ3) is 3.48. The predicted octanol–water partition coefficient (Wildman–Crippen LogP) is 3.47. The number of hydrogen-bond donors (Lipinski definition) is 0. The van der Waals surface area contributed by atoms with E-state index in [2.05, 4.69) is 35.0 Å². The maximum absolute atomic E-state index is 13.2. The first-order chi connectivity index (χ1) is 12.1. The Morgan fingerprint density at radius 3 is 2.88 bits per heavy atom. The number of piperidine rings is 1. The second-order valence-electron chi connectivity index (χ2n) is 7.44. The van der Waals surface area contributed by atoms with Gasteiger partial charge in [0.05, 0.1) is 5.41 Å². The van der Waals surface area contributed by atoms with Crippen molar-refractivity contribution in [3.63, 3.8) is 0 Å². The fourth-order valence-electron chi connectivity index (χ4n) is 4.29. The molecule has 0 bridgehead atoms. The van der Waals surface area contributed by atoms with Crippen molar-refractivity contribution in [2.75, 3.05) is 19.6 Å². The summed E-state index contributed by atoms with van der Waals surface area (Å²) in [7, 11) is 0. The van der Waals surface area contributed by atoms with Crippen molar-refractivity contribution >= 4 is 17.2 Å². The van der Waals surface area contributed by atoms with Gasteiger partial charge in [0.15, 0.2) is 0 Å². The van der Waals surface area contributed by atoms with Crippen LogP contribution in [-0.2, 0) is 17.9 Å². The van der Waals surface area contributed by atoms with Crippen LogP contribution in [0.3, 0.4) is 0 Å². The Kier molecular flexibility index (Phi) is 4.61. The van der Waals surface area contributed by atoms with Gasteiger partial charge in [-0.3, -0.25) is 14.7 Å². The van der Waals surface area contributed by atoms with Crippen molar-refractivity contribution in [1.29, 1.82) is 0 Å². The molecule has 2 aromatic heterocycles. The van der Waals surface area contributed by atoms with Gasteiger partial charge in [0.2, 0.25) is 5.91 Å². The van der Waals surface area contributed by atoms with E-state index in [0.29, 0.717) is 12.5 Å². The number of likely N-dealkylation sites (tertiary alicyclic amines) is 2. The third-order valence-electron chi connectivity index (χ3n) is 5.53. The molecule has 4 rings (SSSR count). The summed E-state index contributed by atoms with van der Waals surface area (Å²) >= 11 is 1.87. The van der Waals surface area contributed by atoms with Gasteiger partial charge in [-0.25, -0.2) is 0 Å². The van der Waals surface area contributed by atoms with E-state index in [-0.39, 0.29) is 5.41 Å². The number of carbonyl (C=O) groups is 1. The molecule has 2 aliphatic heterocycles. The first-order valence-corrected chi connectivity index (χ1v) is 9.92. The molecule has 0 aliphatic carbocycles. The van der Waals surface area contributed by atoms with Gasteiger partial charge in [0.1, 0.15) is 0 Å². The molecule has 2 fully saturated rings. The highest BCUT2D eigenvalue weighted by Crippen LogP contribution is 2.41. The lowest BCUT2D eigenvalue weighted by Gasteiger charge is -2.39. The standard InChI is InChI=1S/C20H25N3OS/c1-16-5-6-18(25-16)14-22-10-3-7-20(15-22)8-11-23(19(20)24)13-17-4-2-9-21-12-17/h2,4-6,9,12H,3,7-8,10-11,13-15H2,1H3. The molecule has 0 saturated carbocycles. The molecule has 1 atom stereocenters. The molecule has 132 valence electrons. The van der Waals surface area contributed by atoms with Crippen LogP contribution < -0.4 is 0 Å². The Hall–Kier alpha value is -1.72. The lowest BCUT2D eigenvalue weighted by molar-refractivity contribution is -0.139. The number of amides is 1. The molecule has 0 N–H and O–H groups in total. The van der Waals surface area contributed by atoms with Crippen molar-refractivity contribution in [2.45, 2.75) is 39.3 Å². The van der Waals surface area contributed by atoms with E-state index in [4.69, 9.17) is 0 Å². The average Bonchev–Trinajstić information content (AvgIpc) is 3.15. The highest BCUT2D eigenvalue weighted by atomic mass is 32.1. The minimum atomic E-state index is -0.160. The number of thiophene rings is 1. The predicted molar refractivity (Wildman–Crippen MR) is 100 cm³/mol. The van der Waals surface area contributed by atoms with Crippen LogP contribution in [-0.4, -0.2) is 40.3 Å². The van der Waals surface area contributed by atoms with Gasteiger partial charge in [-0.05, 0) is 56.5 Å². The molecule has 2 aromatic rings. The van der Waals surface area contributed by atoms with Crippen LogP contribution in [0.15, 0.2) is 36.7 Å². The minimum absolute atomic E-state index is 0.160. The maximum atomic E-state index is 13.2. The Balaban J connectivity index is 1.43. The van der Waals surface area contributed by atoms with Gasteiger partial charge < -0.3 is 4.90 Å². The fraction of sp³-hybridized carbons (Fsp3) is 0.500. The van der Waals surface area contributed by atoms with Crippen LogP contribution in [0.5, 0.6) is 0 Å². The van der Waals surface area contributed by atoms with Crippen LogP contribution in [0.2, 0.25) is 0 Å². The van der Waals surface area contributed by atoms with Gasteiger partial charge >= 0.3 is 0 Å². The second kappa shape index (κ2) is 6.89. The van der Waals surface area contributed by atoms with Crippen LogP contribution >= 0.6 is 11.3 Å². The van der Waals surface area contributed by atoms with Gasteiger partial charge in [-0.2, -0.15) is 0 Å². The van der Waals surface area contributed by atoms with E-state index >= 15 is 0 Å². The third-order valence-corrected chi connectivity index (χ3v) is 6.51. The Morgan fingerprint density at radius 2 is 2.12 bits per heavy atom. The normalized spacial score (nSPS) is 24.4. The van der Waals surface area contributed by atoms with Crippen molar-refractivity contribution in [1.82, 2.24) is 14.8 Å². The summed E-state index contributed by atoms with van der Waals surface area (Å²) in [5, 5.41) is 0. The molecule has 2 aliphatic rings. The molecular formula is C20H25N3OS. The van der Waals surface area contributed by atoms with Crippen LogP contribution in [0, 0.1) is 12.3 Å². The molecule has 2 saturated heterocycles. The lowest BCUT2D eigenvalue weighted by Crippen LogP contribution is -2.47. The van der Waals surface area contributed by atoms with E-state index in [9.17, 15) is 4.79 Å². The summed E-state index contributed by atoms with van der Waals surface area (Å²) in [5.74, 6) is 0.350. The van der Waals surface area contributed by atoms with Crippen LogP contribution in [0.25, 0.3) is 0 Å². The number of aromatic nitrogens is 1. The zero-order chi connectivity index (χ0) is 17.3. The Morgan fingerprint density at radius 1 is 1.20 bits per heavy atom. The summed E-state index contributed by atoms with van der Waals surface area (Å²) in [6.45, 7) is 6.72. The highest BCUT2D eigenvalue weighted by molar-refractivity contribution is 7.11. The molecule has 25 heavy (non-hydrogen) atoms. The molecule has 1 amide bonds. The SMILES string of the molecule is Cc1ccc(CN2CCCC3(CCN(Cc4cccnc4)C3=O)C2)s1. The summed E-state index contributed by atoms with van der Waals surface area (Å²) < 4.78 is 0.